The number of rotatable bonds is 9. The van der Waals surface area contributed by atoms with E-state index in [0.717, 1.165) is 12.3 Å². The maximum absolute atomic E-state index is 11.1. The lowest BCUT2D eigenvalue weighted by Gasteiger charge is -2.15. The van der Waals surface area contributed by atoms with Crippen molar-refractivity contribution >= 4 is 51.4 Å². The van der Waals surface area contributed by atoms with Gasteiger partial charge in [0.05, 0.1) is 12.3 Å². The first kappa shape index (κ1) is 24.3. The maximum atomic E-state index is 11.1. The van der Waals surface area contributed by atoms with Crippen LogP contribution >= 0.6 is 35.6 Å². The second-order valence-electron chi connectivity index (χ2n) is 5.51. The van der Waals surface area contributed by atoms with Gasteiger partial charge in [0.25, 0.3) is 0 Å². The first-order chi connectivity index (χ1) is 11.3. The van der Waals surface area contributed by atoms with Crippen molar-refractivity contribution in [3.8, 4) is 5.75 Å². The fourth-order valence-corrected chi connectivity index (χ4v) is 2.68. The van der Waals surface area contributed by atoms with Crippen molar-refractivity contribution < 1.29 is 13.2 Å². The van der Waals surface area contributed by atoms with Crippen molar-refractivity contribution in [2.24, 2.45) is 4.99 Å². The summed E-state index contributed by atoms with van der Waals surface area (Å²) in [6.45, 7) is 5.66. The van der Waals surface area contributed by atoms with Crippen LogP contribution in [0.3, 0.4) is 0 Å². The average Bonchev–Trinajstić information content (AvgIpc) is 2.50. The smallest absolute Gasteiger partial charge is 0.191 e. The molecular weight excluding hydrogens is 477 g/mol. The summed E-state index contributed by atoms with van der Waals surface area (Å²) in [4.78, 5) is 4.46. The molecule has 0 amide bonds. The van der Waals surface area contributed by atoms with E-state index in [9.17, 15) is 8.42 Å². The van der Waals surface area contributed by atoms with Crippen molar-refractivity contribution in [3.63, 3.8) is 0 Å². The Morgan fingerprint density at radius 2 is 1.92 bits per heavy atom. The van der Waals surface area contributed by atoms with E-state index in [1.807, 2.05) is 26.0 Å². The summed E-state index contributed by atoms with van der Waals surface area (Å²) in [5, 5.41) is 6.91. The van der Waals surface area contributed by atoms with Gasteiger partial charge in [-0.3, -0.25) is 0 Å². The molecule has 1 aromatic rings. The Hall–Kier alpha value is -0.740. The maximum Gasteiger partial charge on any atom is 0.191 e. The molecule has 1 aromatic carbocycles. The molecule has 0 radical (unpaired) electrons. The van der Waals surface area contributed by atoms with Crippen LogP contribution < -0.4 is 15.4 Å². The predicted molar refractivity (Wildman–Crippen MR) is 115 cm³/mol. The molecule has 0 fully saturated rings. The molecule has 6 nitrogen and oxygen atoms in total. The largest absolute Gasteiger partial charge is 0.489 e. The fraction of sp³-hybridized carbons (Fsp3) is 0.562. The number of ether oxygens (including phenoxy) is 1. The van der Waals surface area contributed by atoms with Crippen LogP contribution in [0.1, 0.15) is 20.3 Å². The van der Waals surface area contributed by atoms with Gasteiger partial charge >= 0.3 is 0 Å². The molecule has 0 saturated carbocycles. The molecule has 9 heteroatoms. The van der Waals surface area contributed by atoms with Crippen LogP contribution in [0.4, 0.5) is 0 Å². The van der Waals surface area contributed by atoms with Gasteiger partial charge in [0.15, 0.2) is 5.96 Å². The zero-order chi connectivity index (χ0) is 18.0. The zero-order valence-corrected chi connectivity index (χ0v) is 18.7. The number of guanidine groups is 1. The molecule has 0 heterocycles. The molecule has 0 bridgehead atoms. The second-order valence-corrected chi connectivity index (χ2v) is 8.21. The topological polar surface area (TPSA) is 79.8 Å². The standard InChI is InChI=1S/C16H26ClN3O3S.HI/c1-4-18-16(19-10-5-11-24(3,21)22)20-12-13(2)23-15-8-6-14(17)7-9-15;/h6-9,13H,4-5,10-12H2,1-3H3,(H2,18,19,20);1H. The van der Waals surface area contributed by atoms with Crippen LogP contribution in [0.25, 0.3) is 0 Å². The van der Waals surface area contributed by atoms with Gasteiger partial charge in [0.1, 0.15) is 21.7 Å². The third-order valence-corrected chi connectivity index (χ3v) is 4.27. The summed E-state index contributed by atoms with van der Waals surface area (Å²) < 4.78 is 28.0. The van der Waals surface area contributed by atoms with Crippen molar-refractivity contribution in [1.29, 1.82) is 0 Å². The first-order valence-electron chi connectivity index (χ1n) is 7.92. The molecule has 1 unspecified atom stereocenters. The van der Waals surface area contributed by atoms with Crippen LogP contribution in [0.5, 0.6) is 5.75 Å². The molecule has 2 N–H and O–H groups in total. The molecular formula is C16H27ClIN3O3S. The van der Waals surface area contributed by atoms with E-state index < -0.39 is 9.84 Å². The first-order valence-corrected chi connectivity index (χ1v) is 10.4. The van der Waals surface area contributed by atoms with Gasteiger partial charge in [-0.05, 0) is 44.5 Å². The monoisotopic (exact) mass is 503 g/mol. The van der Waals surface area contributed by atoms with Gasteiger partial charge in [-0.1, -0.05) is 11.6 Å². The minimum Gasteiger partial charge on any atom is -0.489 e. The third-order valence-electron chi connectivity index (χ3n) is 2.99. The SMILES string of the molecule is CCNC(=NCC(C)Oc1ccc(Cl)cc1)NCCCS(C)(=O)=O.I. The Morgan fingerprint density at radius 1 is 1.28 bits per heavy atom. The number of hydrogen-bond donors (Lipinski definition) is 2. The van der Waals surface area contributed by atoms with Gasteiger partial charge in [-0.15, -0.1) is 24.0 Å². The van der Waals surface area contributed by atoms with E-state index in [1.165, 1.54) is 6.26 Å². The number of nitrogens with one attached hydrogen (secondary N) is 2. The van der Waals surface area contributed by atoms with Crippen molar-refractivity contribution in [2.45, 2.75) is 26.4 Å². The highest BCUT2D eigenvalue weighted by Crippen LogP contribution is 2.16. The summed E-state index contributed by atoms with van der Waals surface area (Å²) in [7, 11) is -2.93. The summed E-state index contributed by atoms with van der Waals surface area (Å²) in [6.07, 6.45) is 1.68. The highest BCUT2D eigenvalue weighted by molar-refractivity contribution is 14.0. The van der Waals surface area contributed by atoms with Gasteiger partial charge in [-0.2, -0.15) is 0 Å². The summed E-state index contributed by atoms with van der Waals surface area (Å²) in [5.41, 5.74) is 0. The van der Waals surface area contributed by atoms with Gasteiger partial charge in [0.2, 0.25) is 0 Å². The molecule has 0 aliphatic carbocycles. The highest BCUT2D eigenvalue weighted by atomic mass is 127. The van der Waals surface area contributed by atoms with Crippen LogP contribution in [-0.4, -0.2) is 52.1 Å². The van der Waals surface area contributed by atoms with Crippen LogP contribution in [0.15, 0.2) is 29.3 Å². The molecule has 144 valence electrons. The van der Waals surface area contributed by atoms with Crippen LogP contribution in [0.2, 0.25) is 5.02 Å². The molecule has 0 aliphatic heterocycles. The minimum absolute atomic E-state index is 0. The Kier molecular flexibility index (Phi) is 12.2. The number of benzene rings is 1. The van der Waals surface area contributed by atoms with E-state index in [4.69, 9.17) is 16.3 Å². The third kappa shape index (κ3) is 12.3. The van der Waals surface area contributed by atoms with Crippen molar-refractivity contribution in [3.05, 3.63) is 29.3 Å². The Bertz CT molecular complexity index is 624. The zero-order valence-electron chi connectivity index (χ0n) is 14.8. The second kappa shape index (κ2) is 12.6. The molecule has 0 aromatic heterocycles. The lowest BCUT2D eigenvalue weighted by molar-refractivity contribution is 0.230. The van der Waals surface area contributed by atoms with Crippen LogP contribution in [-0.2, 0) is 9.84 Å². The number of nitrogens with zero attached hydrogens (tertiary/aromatic N) is 1. The van der Waals surface area contributed by atoms with E-state index in [0.29, 0.717) is 30.5 Å². The lowest BCUT2D eigenvalue weighted by Crippen LogP contribution is -2.39. The number of aliphatic imine (C=N–C) groups is 1. The number of sulfone groups is 1. The summed E-state index contributed by atoms with van der Waals surface area (Å²) in [5.74, 6) is 1.56. The molecule has 0 saturated heterocycles. The van der Waals surface area contributed by atoms with Crippen molar-refractivity contribution in [1.82, 2.24) is 10.6 Å². The normalized spacial score (nSPS) is 12.9. The predicted octanol–water partition coefficient (Wildman–Crippen LogP) is 2.72. The minimum atomic E-state index is -2.93. The van der Waals surface area contributed by atoms with Crippen LogP contribution in [0, 0.1) is 0 Å². The fourth-order valence-electron chi connectivity index (χ4n) is 1.89. The Labute approximate surface area is 172 Å². The summed E-state index contributed by atoms with van der Waals surface area (Å²) in [6, 6.07) is 7.19. The number of hydrogen-bond acceptors (Lipinski definition) is 4. The average molecular weight is 504 g/mol. The quantitative estimate of drug-likeness (QED) is 0.234. The Morgan fingerprint density at radius 3 is 2.48 bits per heavy atom. The molecule has 1 rings (SSSR count). The van der Waals surface area contributed by atoms with Gasteiger partial charge in [-0.25, -0.2) is 13.4 Å². The van der Waals surface area contributed by atoms with E-state index in [2.05, 4.69) is 15.6 Å². The number of halogens is 2. The lowest BCUT2D eigenvalue weighted by atomic mass is 10.3. The summed E-state index contributed by atoms with van der Waals surface area (Å²) >= 11 is 5.84. The van der Waals surface area contributed by atoms with E-state index in [1.54, 1.807) is 12.1 Å². The molecule has 1 atom stereocenters. The van der Waals surface area contributed by atoms with E-state index >= 15 is 0 Å². The molecule has 25 heavy (non-hydrogen) atoms. The Balaban J connectivity index is 0.00000576. The van der Waals surface area contributed by atoms with Gasteiger partial charge < -0.3 is 15.4 Å². The molecule has 0 spiro atoms. The van der Waals surface area contributed by atoms with Gasteiger partial charge in [0, 0.05) is 24.4 Å². The molecule has 0 aliphatic rings. The van der Waals surface area contributed by atoms with E-state index in [-0.39, 0.29) is 35.8 Å². The van der Waals surface area contributed by atoms with Crippen molar-refractivity contribution in [2.75, 3.05) is 31.6 Å². The highest BCUT2D eigenvalue weighted by Gasteiger charge is 2.06.